The minimum Gasteiger partial charge on any atom is -0.473 e. The number of aliphatic hydroxyl groups is 1. The van der Waals surface area contributed by atoms with Gasteiger partial charge >= 0.3 is 0 Å². The number of benzene rings is 2. The Balaban J connectivity index is 1.36. The number of hydrogen-bond donors (Lipinski definition) is 2. The number of nitrogens with zero attached hydrogens (tertiary/aromatic N) is 2. The van der Waals surface area contributed by atoms with Gasteiger partial charge in [0.2, 0.25) is 0 Å². The van der Waals surface area contributed by atoms with E-state index in [1.54, 1.807) is 18.6 Å². The summed E-state index contributed by atoms with van der Waals surface area (Å²) in [6.45, 7) is 0.359. The Morgan fingerprint density at radius 2 is 1.77 bits per heavy atom. The van der Waals surface area contributed by atoms with Crippen LogP contribution in [-0.2, 0) is 14.5 Å². The number of aliphatic hydroxyl groups excluding tert-OH is 1. The summed E-state index contributed by atoms with van der Waals surface area (Å²) in [4.78, 5) is 7.58. The zero-order valence-corrected chi connectivity index (χ0v) is 20.2. The van der Waals surface area contributed by atoms with E-state index in [-0.39, 0.29) is 24.5 Å². The molecule has 0 aliphatic carbocycles. The summed E-state index contributed by atoms with van der Waals surface area (Å²) in [5.74, 6) is 0.0561. The monoisotopic (exact) mass is 495 g/mol. The van der Waals surface area contributed by atoms with Gasteiger partial charge in [-0.15, -0.1) is 0 Å². The predicted octanol–water partition coefficient (Wildman–Crippen LogP) is 4.92. The number of aromatic nitrogens is 2. The van der Waals surface area contributed by atoms with Gasteiger partial charge in [-0.1, -0.05) is 36.4 Å². The van der Waals surface area contributed by atoms with E-state index in [1.807, 2.05) is 48.5 Å². The van der Waals surface area contributed by atoms with E-state index in [0.29, 0.717) is 41.2 Å². The van der Waals surface area contributed by atoms with Crippen molar-refractivity contribution >= 4 is 26.4 Å². The minimum atomic E-state index is -2.21. The Morgan fingerprint density at radius 1 is 1.11 bits per heavy atom. The van der Waals surface area contributed by atoms with Gasteiger partial charge in [-0.2, -0.15) is 4.36 Å². The van der Waals surface area contributed by atoms with Crippen molar-refractivity contribution in [1.82, 2.24) is 9.97 Å². The number of H-pyrrole nitrogens is 1. The summed E-state index contributed by atoms with van der Waals surface area (Å²) in [6.07, 6.45) is 3.41. The molecule has 0 spiro atoms. The average Bonchev–Trinajstić information content (AvgIpc) is 3.44. The largest absolute Gasteiger partial charge is 0.473 e. The van der Waals surface area contributed by atoms with E-state index in [2.05, 4.69) is 14.3 Å². The SMILES string of the molecule is CS(C)(=O)=Nc1ccc(-c2ccc(-c3nc4cc(O[C@@H]5CO[C@H](CO)C5)[nH]c4cc3F)cc2)cc1. The van der Waals surface area contributed by atoms with Crippen LogP contribution in [0.4, 0.5) is 10.1 Å². The Labute approximate surface area is 203 Å². The molecule has 5 rings (SSSR count). The molecule has 2 aromatic heterocycles. The van der Waals surface area contributed by atoms with Crippen molar-refractivity contribution in [2.24, 2.45) is 4.36 Å². The molecule has 0 unspecified atom stereocenters. The summed E-state index contributed by atoms with van der Waals surface area (Å²) >= 11 is 0. The lowest BCUT2D eigenvalue weighted by Gasteiger charge is -2.09. The van der Waals surface area contributed by atoms with Crippen LogP contribution in [0.2, 0.25) is 0 Å². The lowest BCUT2D eigenvalue weighted by Crippen LogP contribution is -2.17. The molecule has 0 radical (unpaired) electrons. The van der Waals surface area contributed by atoms with E-state index in [0.717, 1.165) is 11.1 Å². The maximum Gasteiger partial charge on any atom is 0.193 e. The third-order valence-corrected chi connectivity index (χ3v) is 6.41. The molecule has 7 nitrogen and oxygen atoms in total. The fourth-order valence-electron chi connectivity index (χ4n) is 4.12. The summed E-state index contributed by atoms with van der Waals surface area (Å²) in [6, 6.07) is 18.2. The van der Waals surface area contributed by atoms with Crippen LogP contribution in [0.3, 0.4) is 0 Å². The smallest absolute Gasteiger partial charge is 0.193 e. The number of aromatic amines is 1. The number of hydrogen-bond acceptors (Lipinski definition) is 6. The van der Waals surface area contributed by atoms with Gasteiger partial charge in [0.05, 0.1) is 36.0 Å². The van der Waals surface area contributed by atoms with Crippen LogP contribution in [-0.4, -0.2) is 57.2 Å². The number of ether oxygens (including phenoxy) is 2. The summed E-state index contributed by atoms with van der Waals surface area (Å²) in [5.41, 5.74) is 4.68. The fraction of sp³-hybridized carbons (Fsp3) is 0.269. The summed E-state index contributed by atoms with van der Waals surface area (Å²) in [7, 11) is -2.21. The highest BCUT2D eigenvalue weighted by atomic mass is 32.2. The Hall–Kier alpha value is -3.27. The van der Waals surface area contributed by atoms with Gasteiger partial charge in [-0.05, 0) is 23.3 Å². The maximum absolute atomic E-state index is 14.9. The third-order valence-electron chi connectivity index (χ3n) is 5.76. The standard InChI is InChI=1S/C26H26FN3O4S/c1-35(2,32)30-19-9-7-17(8-10-19)16-3-5-18(6-4-16)26-22(27)12-23-24(29-26)13-25(28-23)34-21-11-20(14-31)33-15-21/h3-10,12-13,20-21,28,31H,11,14-15H2,1-2H3/t20-,21-/m0/s1. The molecule has 1 saturated heterocycles. The van der Waals surface area contributed by atoms with E-state index in [1.165, 1.54) is 6.07 Å². The normalized spacial score (nSPS) is 18.2. The first-order valence-corrected chi connectivity index (χ1v) is 13.6. The van der Waals surface area contributed by atoms with Crippen LogP contribution in [0.1, 0.15) is 6.42 Å². The molecular formula is C26H26FN3O4S. The fourth-order valence-corrected chi connectivity index (χ4v) is 4.75. The summed E-state index contributed by atoms with van der Waals surface area (Å²) < 4.78 is 42.3. The van der Waals surface area contributed by atoms with E-state index in [9.17, 15) is 13.7 Å². The topological polar surface area (TPSA) is 96.8 Å². The number of nitrogens with one attached hydrogen (secondary N) is 1. The van der Waals surface area contributed by atoms with Crippen LogP contribution in [0, 0.1) is 5.82 Å². The first kappa shape index (κ1) is 23.5. The van der Waals surface area contributed by atoms with E-state index < -0.39 is 15.5 Å². The maximum atomic E-state index is 14.9. The zero-order chi connectivity index (χ0) is 24.6. The van der Waals surface area contributed by atoms with Crippen molar-refractivity contribution in [1.29, 1.82) is 0 Å². The average molecular weight is 496 g/mol. The second-order valence-corrected chi connectivity index (χ2v) is 11.4. The van der Waals surface area contributed by atoms with E-state index in [4.69, 9.17) is 9.47 Å². The third kappa shape index (κ3) is 5.37. The number of halogens is 1. The Bertz CT molecular complexity index is 1470. The van der Waals surface area contributed by atoms with Crippen molar-refractivity contribution in [3.63, 3.8) is 0 Å². The van der Waals surface area contributed by atoms with Crippen LogP contribution in [0.15, 0.2) is 65.0 Å². The second kappa shape index (κ2) is 9.41. The molecular weight excluding hydrogens is 469 g/mol. The summed E-state index contributed by atoms with van der Waals surface area (Å²) in [5, 5.41) is 9.21. The van der Waals surface area contributed by atoms with E-state index >= 15 is 0 Å². The quantitative estimate of drug-likeness (QED) is 0.396. The molecule has 2 aromatic carbocycles. The van der Waals surface area contributed by atoms with Crippen molar-refractivity contribution < 1.29 is 23.2 Å². The van der Waals surface area contributed by atoms with Gasteiger partial charge in [-0.25, -0.2) is 13.6 Å². The van der Waals surface area contributed by atoms with Crippen molar-refractivity contribution in [3.05, 3.63) is 66.5 Å². The van der Waals surface area contributed by atoms with Crippen LogP contribution in [0.5, 0.6) is 5.88 Å². The van der Waals surface area contributed by atoms with Gasteiger partial charge in [0.1, 0.15) is 11.8 Å². The molecule has 3 heterocycles. The molecule has 35 heavy (non-hydrogen) atoms. The predicted molar refractivity (Wildman–Crippen MR) is 135 cm³/mol. The number of fused-ring (bicyclic) bond motifs is 1. The van der Waals surface area contributed by atoms with Crippen LogP contribution < -0.4 is 4.74 Å². The molecule has 0 amide bonds. The molecule has 2 N–H and O–H groups in total. The molecule has 0 saturated carbocycles. The van der Waals surface area contributed by atoms with Gasteiger partial charge in [0, 0.05) is 46.4 Å². The Kier molecular flexibility index (Phi) is 6.31. The zero-order valence-electron chi connectivity index (χ0n) is 19.4. The highest BCUT2D eigenvalue weighted by Crippen LogP contribution is 2.30. The van der Waals surface area contributed by atoms with Gasteiger partial charge < -0.3 is 19.6 Å². The molecule has 1 aliphatic rings. The highest BCUT2D eigenvalue weighted by Gasteiger charge is 2.27. The molecule has 4 aromatic rings. The van der Waals surface area contributed by atoms with Crippen molar-refractivity contribution in [3.8, 4) is 28.3 Å². The minimum absolute atomic E-state index is 0.0385. The molecule has 1 aliphatic heterocycles. The molecule has 0 bridgehead atoms. The lowest BCUT2D eigenvalue weighted by atomic mass is 10.0. The molecule has 9 heteroatoms. The highest BCUT2D eigenvalue weighted by molar-refractivity contribution is 7.92. The van der Waals surface area contributed by atoms with Gasteiger partial charge in [0.15, 0.2) is 11.7 Å². The van der Waals surface area contributed by atoms with Crippen molar-refractivity contribution in [2.75, 3.05) is 25.7 Å². The van der Waals surface area contributed by atoms with Gasteiger partial charge in [0.25, 0.3) is 0 Å². The Morgan fingerprint density at radius 3 is 2.40 bits per heavy atom. The second-order valence-electron chi connectivity index (χ2n) is 8.90. The lowest BCUT2D eigenvalue weighted by molar-refractivity contribution is 0.0531. The molecule has 2 atom stereocenters. The van der Waals surface area contributed by atoms with Gasteiger partial charge in [-0.3, -0.25) is 0 Å². The van der Waals surface area contributed by atoms with Crippen LogP contribution in [0.25, 0.3) is 33.4 Å². The number of pyridine rings is 1. The molecule has 1 fully saturated rings. The first-order chi connectivity index (χ1) is 16.8. The first-order valence-electron chi connectivity index (χ1n) is 11.2. The van der Waals surface area contributed by atoms with Crippen LogP contribution >= 0.6 is 0 Å². The molecule has 182 valence electrons. The number of rotatable bonds is 6. The van der Waals surface area contributed by atoms with Crippen molar-refractivity contribution in [2.45, 2.75) is 18.6 Å².